The fourth-order valence-corrected chi connectivity index (χ4v) is 3.94. The average Bonchev–Trinajstić information content (AvgIpc) is 2.62. The molecule has 0 aromatic heterocycles. The predicted octanol–water partition coefficient (Wildman–Crippen LogP) is 2.35. The SMILES string of the molecule is O=C(Cc1ccc2c(c1)CCCC2)NCC(C(=O)O)C1CCOCC1. The molecule has 2 N–H and O–H groups in total. The Morgan fingerprint density at radius 2 is 1.88 bits per heavy atom. The third-order valence-corrected chi connectivity index (χ3v) is 5.45. The Balaban J connectivity index is 1.53. The van der Waals surface area contributed by atoms with E-state index in [1.54, 1.807) is 0 Å². The second kappa shape index (κ2) is 8.48. The van der Waals surface area contributed by atoms with Gasteiger partial charge in [0.1, 0.15) is 0 Å². The lowest BCUT2D eigenvalue weighted by atomic mass is 9.86. The van der Waals surface area contributed by atoms with Crippen molar-refractivity contribution in [3.05, 3.63) is 34.9 Å². The molecule has 1 saturated heterocycles. The van der Waals surface area contributed by atoms with Gasteiger partial charge in [0, 0.05) is 19.8 Å². The Bertz CT molecular complexity index is 622. The van der Waals surface area contributed by atoms with Crippen LogP contribution in [-0.2, 0) is 33.6 Å². The van der Waals surface area contributed by atoms with Crippen molar-refractivity contribution in [2.75, 3.05) is 19.8 Å². The number of benzene rings is 1. The zero-order valence-corrected chi connectivity index (χ0v) is 14.6. The van der Waals surface area contributed by atoms with Crippen molar-refractivity contribution in [3.63, 3.8) is 0 Å². The summed E-state index contributed by atoms with van der Waals surface area (Å²) in [7, 11) is 0. The molecule has 0 saturated carbocycles. The molecule has 1 aromatic rings. The minimum Gasteiger partial charge on any atom is -0.481 e. The third-order valence-electron chi connectivity index (χ3n) is 5.45. The van der Waals surface area contributed by atoms with Gasteiger partial charge >= 0.3 is 5.97 Å². The Morgan fingerprint density at radius 3 is 2.60 bits per heavy atom. The Hall–Kier alpha value is -1.88. The lowest BCUT2D eigenvalue weighted by Gasteiger charge is -2.27. The highest BCUT2D eigenvalue weighted by Crippen LogP contribution is 2.24. The number of carboxylic acid groups (broad SMARTS) is 1. The number of hydrogen-bond acceptors (Lipinski definition) is 3. The maximum Gasteiger partial charge on any atom is 0.308 e. The van der Waals surface area contributed by atoms with E-state index in [9.17, 15) is 14.7 Å². The number of hydrogen-bond donors (Lipinski definition) is 2. The quantitative estimate of drug-likeness (QED) is 0.830. The van der Waals surface area contributed by atoms with Crippen LogP contribution in [0.25, 0.3) is 0 Å². The van der Waals surface area contributed by atoms with Gasteiger partial charge < -0.3 is 15.2 Å². The van der Waals surface area contributed by atoms with Crippen LogP contribution in [0.3, 0.4) is 0 Å². The number of aryl methyl sites for hydroxylation is 2. The van der Waals surface area contributed by atoms with Crippen LogP contribution in [0.15, 0.2) is 18.2 Å². The molecule has 1 unspecified atom stereocenters. The molecule has 1 amide bonds. The van der Waals surface area contributed by atoms with Gasteiger partial charge in [0.25, 0.3) is 0 Å². The normalized spacial score (nSPS) is 19.0. The lowest BCUT2D eigenvalue weighted by Crippen LogP contribution is -2.39. The van der Waals surface area contributed by atoms with Gasteiger partial charge in [0.2, 0.25) is 5.91 Å². The number of fused-ring (bicyclic) bond motifs is 1. The average molecular weight is 345 g/mol. The van der Waals surface area contributed by atoms with Crippen molar-refractivity contribution < 1.29 is 19.4 Å². The molecule has 1 aliphatic carbocycles. The summed E-state index contributed by atoms with van der Waals surface area (Å²) in [6.07, 6.45) is 6.50. The zero-order valence-electron chi connectivity index (χ0n) is 14.6. The topological polar surface area (TPSA) is 75.6 Å². The standard InChI is InChI=1S/C20H27NO4/c22-19(12-14-5-6-15-3-1-2-4-17(15)11-14)21-13-18(20(23)24)16-7-9-25-10-8-16/h5-6,11,16,18H,1-4,7-10,12-13H2,(H,21,22)(H,23,24). The van der Waals surface area contributed by atoms with Gasteiger partial charge in [-0.1, -0.05) is 18.2 Å². The van der Waals surface area contributed by atoms with E-state index in [1.165, 1.54) is 24.0 Å². The van der Waals surface area contributed by atoms with E-state index < -0.39 is 11.9 Å². The summed E-state index contributed by atoms with van der Waals surface area (Å²) in [5.74, 6) is -1.39. The van der Waals surface area contributed by atoms with Crippen molar-refractivity contribution >= 4 is 11.9 Å². The summed E-state index contributed by atoms with van der Waals surface area (Å²) < 4.78 is 5.30. The molecule has 2 aliphatic rings. The molecule has 1 heterocycles. The van der Waals surface area contributed by atoms with Crippen molar-refractivity contribution in [1.82, 2.24) is 5.32 Å². The van der Waals surface area contributed by atoms with E-state index in [-0.39, 0.29) is 18.4 Å². The van der Waals surface area contributed by atoms with Crippen LogP contribution in [0.2, 0.25) is 0 Å². The van der Waals surface area contributed by atoms with Crippen LogP contribution in [-0.4, -0.2) is 36.7 Å². The fourth-order valence-electron chi connectivity index (χ4n) is 3.94. The fraction of sp³-hybridized carbons (Fsp3) is 0.600. The number of amides is 1. The molecule has 5 heteroatoms. The minimum atomic E-state index is -0.832. The molecule has 0 radical (unpaired) electrons. The summed E-state index contributed by atoms with van der Waals surface area (Å²) in [4.78, 5) is 23.8. The van der Waals surface area contributed by atoms with Gasteiger partial charge in [0.15, 0.2) is 0 Å². The van der Waals surface area contributed by atoms with Crippen molar-refractivity contribution in [2.45, 2.75) is 44.9 Å². The van der Waals surface area contributed by atoms with E-state index >= 15 is 0 Å². The van der Waals surface area contributed by atoms with E-state index in [1.807, 2.05) is 6.07 Å². The lowest BCUT2D eigenvalue weighted by molar-refractivity contribution is -0.144. The van der Waals surface area contributed by atoms with E-state index in [2.05, 4.69) is 17.4 Å². The first kappa shape index (κ1) is 17.9. The predicted molar refractivity (Wildman–Crippen MR) is 94.5 cm³/mol. The van der Waals surface area contributed by atoms with Crippen LogP contribution in [0.5, 0.6) is 0 Å². The van der Waals surface area contributed by atoms with Crippen LogP contribution < -0.4 is 5.32 Å². The number of carbonyl (C=O) groups is 2. The third kappa shape index (κ3) is 4.82. The second-order valence-corrected chi connectivity index (χ2v) is 7.19. The number of rotatable bonds is 6. The largest absolute Gasteiger partial charge is 0.481 e. The smallest absolute Gasteiger partial charge is 0.308 e. The molecule has 1 aromatic carbocycles. The summed E-state index contributed by atoms with van der Waals surface area (Å²) in [6, 6.07) is 6.30. The summed E-state index contributed by atoms with van der Waals surface area (Å²) in [6.45, 7) is 1.42. The zero-order chi connectivity index (χ0) is 17.6. The van der Waals surface area contributed by atoms with Gasteiger partial charge in [-0.25, -0.2) is 0 Å². The van der Waals surface area contributed by atoms with Crippen LogP contribution in [0.4, 0.5) is 0 Å². The number of nitrogens with one attached hydrogen (secondary N) is 1. The molecule has 25 heavy (non-hydrogen) atoms. The van der Waals surface area contributed by atoms with Crippen molar-refractivity contribution in [3.8, 4) is 0 Å². The highest BCUT2D eigenvalue weighted by molar-refractivity contribution is 5.79. The summed E-state index contributed by atoms with van der Waals surface area (Å²) in [5, 5.41) is 12.3. The monoisotopic (exact) mass is 345 g/mol. The maximum atomic E-state index is 12.3. The van der Waals surface area contributed by atoms with E-state index in [4.69, 9.17) is 4.74 Å². The Kier molecular flexibility index (Phi) is 6.08. The van der Waals surface area contributed by atoms with Crippen LogP contribution in [0, 0.1) is 11.8 Å². The molecule has 5 nitrogen and oxygen atoms in total. The number of carbonyl (C=O) groups excluding carboxylic acids is 1. The highest BCUT2D eigenvalue weighted by atomic mass is 16.5. The maximum absolute atomic E-state index is 12.3. The first-order chi connectivity index (χ1) is 12.1. The van der Waals surface area contributed by atoms with Gasteiger partial charge in [-0.2, -0.15) is 0 Å². The van der Waals surface area contributed by atoms with Crippen LogP contribution in [0.1, 0.15) is 42.4 Å². The molecule has 3 rings (SSSR count). The van der Waals surface area contributed by atoms with Gasteiger partial charge in [-0.05, 0) is 61.1 Å². The molecule has 0 spiro atoms. The molecular formula is C20H27NO4. The molecule has 1 fully saturated rings. The molecule has 1 aliphatic heterocycles. The van der Waals surface area contributed by atoms with Crippen LogP contribution >= 0.6 is 0 Å². The van der Waals surface area contributed by atoms with E-state index in [0.717, 1.165) is 31.2 Å². The molecule has 0 bridgehead atoms. The summed E-state index contributed by atoms with van der Waals surface area (Å²) in [5.41, 5.74) is 3.78. The number of aliphatic carboxylic acids is 1. The summed E-state index contributed by atoms with van der Waals surface area (Å²) >= 11 is 0. The molecule has 1 atom stereocenters. The first-order valence-electron chi connectivity index (χ1n) is 9.31. The number of ether oxygens (including phenoxy) is 1. The van der Waals surface area contributed by atoms with Crippen molar-refractivity contribution in [1.29, 1.82) is 0 Å². The second-order valence-electron chi connectivity index (χ2n) is 7.19. The Morgan fingerprint density at radius 1 is 1.16 bits per heavy atom. The van der Waals surface area contributed by atoms with Crippen molar-refractivity contribution in [2.24, 2.45) is 11.8 Å². The highest BCUT2D eigenvalue weighted by Gasteiger charge is 2.30. The van der Waals surface area contributed by atoms with E-state index in [0.29, 0.717) is 19.6 Å². The minimum absolute atomic E-state index is 0.0790. The molecular weight excluding hydrogens is 318 g/mol. The number of carboxylic acids is 1. The Labute approximate surface area is 148 Å². The van der Waals surface area contributed by atoms with Gasteiger partial charge in [-0.3, -0.25) is 9.59 Å². The van der Waals surface area contributed by atoms with Gasteiger partial charge in [0.05, 0.1) is 12.3 Å². The van der Waals surface area contributed by atoms with Gasteiger partial charge in [-0.15, -0.1) is 0 Å². The first-order valence-corrected chi connectivity index (χ1v) is 9.31. The molecule has 136 valence electrons.